The van der Waals surface area contributed by atoms with E-state index in [0.717, 1.165) is 17.0 Å². The second-order valence-electron chi connectivity index (χ2n) is 5.68. The molecule has 2 aromatic heterocycles. The smallest absolute Gasteiger partial charge is 0.269 e. The third-order valence-corrected chi connectivity index (χ3v) is 4.28. The summed E-state index contributed by atoms with van der Waals surface area (Å²) < 4.78 is 1.71. The van der Waals surface area contributed by atoms with Crippen LogP contribution in [0.4, 0.5) is 0 Å². The van der Waals surface area contributed by atoms with Crippen molar-refractivity contribution in [3.05, 3.63) is 39.8 Å². The summed E-state index contributed by atoms with van der Waals surface area (Å²) >= 11 is 1.48. The highest BCUT2D eigenvalue weighted by Crippen LogP contribution is 2.18. The number of hydrogen-bond acceptors (Lipinski definition) is 4. The number of aryl methyl sites for hydroxylation is 1. The van der Waals surface area contributed by atoms with Gasteiger partial charge in [0.15, 0.2) is 0 Å². The zero-order valence-corrected chi connectivity index (χ0v) is 14.1. The summed E-state index contributed by atoms with van der Waals surface area (Å²) in [6, 6.07) is 5.59. The van der Waals surface area contributed by atoms with Gasteiger partial charge in [0.05, 0.1) is 5.69 Å². The van der Waals surface area contributed by atoms with Gasteiger partial charge in [-0.3, -0.25) is 9.48 Å². The zero-order chi connectivity index (χ0) is 16.1. The molecule has 0 saturated heterocycles. The van der Waals surface area contributed by atoms with E-state index in [1.54, 1.807) is 4.68 Å². The SMILES string of the molecule is CCn1nc(CC(C)C)cc1C(=O)NCC(O)c1cccs1. The van der Waals surface area contributed by atoms with E-state index in [-0.39, 0.29) is 12.5 Å². The van der Waals surface area contributed by atoms with Gasteiger partial charge in [-0.15, -0.1) is 11.3 Å². The first-order valence-electron chi connectivity index (χ1n) is 7.57. The van der Waals surface area contributed by atoms with Crippen LogP contribution in [0.1, 0.15) is 47.9 Å². The molecule has 6 heteroatoms. The Hall–Kier alpha value is -1.66. The number of amides is 1. The molecule has 2 heterocycles. The van der Waals surface area contributed by atoms with E-state index < -0.39 is 6.10 Å². The number of aromatic nitrogens is 2. The minimum Gasteiger partial charge on any atom is -0.386 e. The lowest BCUT2D eigenvalue weighted by molar-refractivity contribution is 0.0907. The summed E-state index contributed by atoms with van der Waals surface area (Å²) in [6.07, 6.45) is 0.183. The van der Waals surface area contributed by atoms with Crippen molar-refractivity contribution in [1.82, 2.24) is 15.1 Å². The van der Waals surface area contributed by atoms with Crippen LogP contribution in [-0.2, 0) is 13.0 Å². The number of nitrogens with zero attached hydrogens (tertiary/aromatic N) is 2. The quantitative estimate of drug-likeness (QED) is 0.824. The fourth-order valence-electron chi connectivity index (χ4n) is 2.27. The number of carbonyl (C=O) groups excluding carboxylic acids is 1. The summed E-state index contributed by atoms with van der Waals surface area (Å²) in [5.41, 5.74) is 1.48. The first-order chi connectivity index (χ1) is 10.5. The topological polar surface area (TPSA) is 67.2 Å². The molecule has 0 bridgehead atoms. The van der Waals surface area contributed by atoms with Crippen LogP contribution in [0.15, 0.2) is 23.6 Å². The Morgan fingerprint density at radius 1 is 1.50 bits per heavy atom. The molecule has 0 aliphatic rings. The molecule has 0 radical (unpaired) electrons. The van der Waals surface area contributed by atoms with Gasteiger partial charge >= 0.3 is 0 Å². The van der Waals surface area contributed by atoms with E-state index in [9.17, 15) is 9.90 Å². The Kier molecular flexibility index (Phi) is 5.74. The van der Waals surface area contributed by atoms with Gasteiger partial charge in [-0.1, -0.05) is 19.9 Å². The summed E-state index contributed by atoms with van der Waals surface area (Å²) in [5.74, 6) is 0.303. The number of nitrogens with one attached hydrogen (secondary N) is 1. The van der Waals surface area contributed by atoms with E-state index in [0.29, 0.717) is 18.2 Å². The Balaban J connectivity index is 2.01. The standard InChI is InChI=1S/C16H23N3O2S/c1-4-19-13(9-12(18-19)8-11(2)3)16(21)17-10-14(20)15-6-5-7-22-15/h5-7,9,11,14,20H,4,8,10H2,1-3H3,(H,17,21). The van der Waals surface area contributed by atoms with Crippen molar-refractivity contribution in [2.75, 3.05) is 6.54 Å². The molecule has 0 saturated carbocycles. The molecule has 2 N–H and O–H groups in total. The Morgan fingerprint density at radius 2 is 2.27 bits per heavy atom. The molecular formula is C16H23N3O2S. The largest absolute Gasteiger partial charge is 0.386 e. The lowest BCUT2D eigenvalue weighted by Crippen LogP contribution is -2.30. The van der Waals surface area contributed by atoms with E-state index >= 15 is 0 Å². The molecule has 0 aromatic carbocycles. The number of thiophene rings is 1. The van der Waals surface area contributed by atoms with Crippen molar-refractivity contribution in [3.63, 3.8) is 0 Å². The molecule has 0 aliphatic heterocycles. The van der Waals surface area contributed by atoms with Crippen molar-refractivity contribution >= 4 is 17.2 Å². The first-order valence-corrected chi connectivity index (χ1v) is 8.45. The van der Waals surface area contributed by atoms with Gasteiger partial charge < -0.3 is 10.4 Å². The molecule has 1 amide bonds. The predicted octanol–water partition coefficient (Wildman–Crippen LogP) is 2.63. The fourth-order valence-corrected chi connectivity index (χ4v) is 2.99. The van der Waals surface area contributed by atoms with Gasteiger partial charge in [0.25, 0.3) is 5.91 Å². The van der Waals surface area contributed by atoms with Crippen LogP contribution >= 0.6 is 11.3 Å². The molecule has 120 valence electrons. The van der Waals surface area contributed by atoms with Gasteiger partial charge in [-0.05, 0) is 36.8 Å². The van der Waals surface area contributed by atoms with Gasteiger partial charge in [-0.25, -0.2) is 0 Å². The van der Waals surface area contributed by atoms with Crippen LogP contribution in [0.25, 0.3) is 0 Å². The highest BCUT2D eigenvalue weighted by Gasteiger charge is 2.17. The minimum absolute atomic E-state index is 0.194. The van der Waals surface area contributed by atoms with Crippen molar-refractivity contribution in [2.45, 2.75) is 39.8 Å². The zero-order valence-electron chi connectivity index (χ0n) is 13.2. The molecule has 0 fully saturated rings. The molecule has 1 atom stereocenters. The Bertz CT molecular complexity index is 605. The van der Waals surface area contributed by atoms with Gasteiger partial charge in [0.2, 0.25) is 0 Å². The molecule has 5 nitrogen and oxygen atoms in total. The Labute approximate surface area is 135 Å². The second kappa shape index (κ2) is 7.56. The van der Waals surface area contributed by atoms with Gasteiger partial charge in [0.1, 0.15) is 11.8 Å². The van der Waals surface area contributed by atoms with Crippen LogP contribution in [0.5, 0.6) is 0 Å². The van der Waals surface area contributed by atoms with Crippen LogP contribution < -0.4 is 5.32 Å². The highest BCUT2D eigenvalue weighted by molar-refractivity contribution is 7.10. The second-order valence-corrected chi connectivity index (χ2v) is 6.66. The maximum atomic E-state index is 12.3. The normalized spacial score (nSPS) is 12.6. The molecule has 22 heavy (non-hydrogen) atoms. The van der Waals surface area contributed by atoms with Crippen molar-refractivity contribution < 1.29 is 9.90 Å². The molecule has 2 rings (SSSR count). The van der Waals surface area contributed by atoms with E-state index in [1.807, 2.05) is 30.5 Å². The summed E-state index contributed by atoms with van der Waals surface area (Å²) in [7, 11) is 0. The lowest BCUT2D eigenvalue weighted by atomic mass is 10.1. The van der Waals surface area contributed by atoms with Crippen LogP contribution in [0, 0.1) is 5.92 Å². The summed E-state index contributed by atoms with van der Waals surface area (Å²) in [5, 5.41) is 19.2. The third-order valence-electron chi connectivity index (χ3n) is 3.31. The molecular weight excluding hydrogens is 298 g/mol. The van der Waals surface area contributed by atoms with Crippen LogP contribution in [-0.4, -0.2) is 27.3 Å². The number of carbonyl (C=O) groups is 1. The highest BCUT2D eigenvalue weighted by atomic mass is 32.1. The molecule has 0 spiro atoms. The van der Waals surface area contributed by atoms with Crippen LogP contribution in [0.3, 0.4) is 0 Å². The number of aliphatic hydroxyl groups excluding tert-OH is 1. The molecule has 0 aliphatic carbocycles. The van der Waals surface area contributed by atoms with Gasteiger partial charge in [-0.2, -0.15) is 5.10 Å². The van der Waals surface area contributed by atoms with E-state index in [4.69, 9.17) is 0 Å². The van der Waals surface area contributed by atoms with Crippen molar-refractivity contribution in [3.8, 4) is 0 Å². The summed E-state index contributed by atoms with van der Waals surface area (Å²) in [6.45, 7) is 7.07. The predicted molar refractivity (Wildman–Crippen MR) is 88.1 cm³/mol. The maximum absolute atomic E-state index is 12.3. The fraction of sp³-hybridized carbons (Fsp3) is 0.500. The number of hydrogen-bond donors (Lipinski definition) is 2. The van der Waals surface area contributed by atoms with E-state index in [1.165, 1.54) is 11.3 Å². The van der Waals surface area contributed by atoms with Crippen molar-refractivity contribution in [2.24, 2.45) is 5.92 Å². The minimum atomic E-state index is -0.669. The lowest BCUT2D eigenvalue weighted by Gasteiger charge is -2.10. The Morgan fingerprint density at radius 3 is 2.86 bits per heavy atom. The summed E-state index contributed by atoms with van der Waals surface area (Å²) in [4.78, 5) is 13.2. The maximum Gasteiger partial charge on any atom is 0.269 e. The van der Waals surface area contributed by atoms with Crippen LogP contribution in [0.2, 0.25) is 0 Å². The molecule has 2 aromatic rings. The average molecular weight is 321 g/mol. The first kappa shape index (κ1) is 16.7. The average Bonchev–Trinajstić information content (AvgIpc) is 3.12. The van der Waals surface area contributed by atoms with Crippen molar-refractivity contribution in [1.29, 1.82) is 0 Å². The molecule has 1 unspecified atom stereocenters. The van der Waals surface area contributed by atoms with E-state index in [2.05, 4.69) is 24.3 Å². The number of rotatable bonds is 7. The monoisotopic (exact) mass is 321 g/mol. The van der Waals surface area contributed by atoms with Gasteiger partial charge in [0, 0.05) is 18.0 Å². The number of aliphatic hydroxyl groups is 1. The third kappa shape index (κ3) is 4.18.